The van der Waals surface area contributed by atoms with E-state index in [-0.39, 0.29) is 24.2 Å². The Balaban J connectivity index is 1.65. The van der Waals surface area contributed by atoms with Crippen molar-refractivity contribution in [2.75, 3.05) is 6.54 Å². The molecule has 19 heavy (non-hydrogen) atoms. The van der Waals surface area contributed by atoms with E-state index in [1.165, 1.54) is 25.7 Å². The fourth-order valence-corrected chi connectivity index (χ4v) is 3.48. The minimum atomic E-state index is -0.714. The Labute approximate surface area is 115 Å². The normalized spacial score (nSPS) is 28.2. The lowest BCUT2D eigenvalue weighted by atomic mass is 9.80. The molecule has 2 N–H and O–H groups in total. The average molecular weight is 267 g/mol. The van der Waals surface area contributed by atoms with Crippen LogP contribution in [-0.4, -0.2) is 23.5 Å². The van der Waals surface area contributed by atoms with Crippen LogP contribution in [0.1, 0.15) is 57.8 Å². The second kappa shape index (κ2) is 6.92. The Morgan fingerprint density at radius 2 is 1.58 bits per heavy atom. The van der Waals surface area contributed by atoms with Gasteiger partial charge in [-0.05, 0) is 50.4 Å². The van der Waals surface area contributed by atoms with Gasteiger partial charge in [-0.1, -0.05) is 12.8 Å². The highest BCUT2D eigenvalue weighted by atomic mass is 16.4. The summed E-state index contributed by atoms with van der Waals surface area (Å²) in [6, 6.07) is 0. The number of amides is 1. The number of aliphatic carboxylic acids is 1. The summed E-state index contributed by atoms with van der Waals surface area (Å²) in [7, 11) is 0. The molecule has 0 aliphatic heterocycles. The van der Waals surface area contributed by atoms with Gasteiger partial charge in [0.15, 0.2) is 0 Å². The third-order valence-electron chi connectivity index (χ3n) is 4.72. The fourth-order valence-electron chi connectivity index (χ4n) is 3.48. The molecule has 4 nitrogen and oxygen atoms in total. The zero-order chi connectivity index (χ0) is 13.7. The molecule has 2 aliphatic carbocycles. The molecule has 0 bridgehead atoms. The van der Waals surface area contributed by atoms with Gasteiger partial charge in [-0.25, -0.2) is 0 Å². The number of carboxylic acids is 1. The molecule has 2 fully saturated rings. The van der Waals surface area contributed by atoms with Crippen molar-refractivity contribution in [3.8, 4) is 0 Å². The van der Waals surface area contributed by atoms with E-state index in [1.54, 1.807) is 0 Å². The van der Waals surface area contributed by atoms with Gasteiger partial charge in [0.1, 0.15) is 0 Å². The maximum atomic E-state index is 12.1. The molecule has 0 aromatic heterocycles. The van der Waals surface area contributed by atoms with Crippen LogP contribution in [0.4, 0.5) is 0 Å². The van der Waals surface area contributed by atoms with E-state index in [4.69, 9.17) is 5.11 Å². The predicted molar refractivity (Wildman–Crippen MR) is 72.7 cm³/mol. The van der Waals surface area contributed by atoms with Crippen LogP contribution in [0, 0.1) is 17.8 Å². The summed E-state index contributed by atoms with van der Waals surface area (Å²) in [5.74, 6) is 0.560. The molecule has 108 valence electrons. The zero-order valence-electron chi connectivity index (χ0n) is 11.6. The Morgan fingerprint density at radius 1 is 0.947 bits per heavy atom. The third kappa shape index (κ3) is 4.51. The topological polar surface area (TPSA) is 66.4 Å². The summed E-state index contributed by atoms with van der Waals surface area (Å²) in [4.78, 5) is 22.7. The molecule has 2 rings (SSSR count). The van der Waals surface area contributed by atoms with Crippen molar-refractivity contribution in [2.24, 2.45) is 17.8 Å². The first kappa shape index (κ1) is 14.4. The molecule has 0 aromatic rings. The van der Waals surface area contributed by atoms with Gasteiger partial charge in [-0.3, -0.25) is 9.59 Å². The van der Waals surface area contributed by atoms with E-state index >= 15 is 0 Å². The van der Waals surface area contributed by atoms with Gasteiger partial charge in [-0.2, -0.15) is 0 Å². The molecular weight excluding hydrogens is 242 g/mol. The quantitative estimate of drug-likeness (QED) is 0.804. The molecule has 0 atom stereocenters. The van der Waals surface area contributed by atoms with Gasteiger partial charge in [0.2, 0.25) is 5.91 Å². The van der Waals surface area contributed by atoms with Gasteiger partial charge in [-0.15, -0.1) is 0 Å². The molecular formula is C15H25NO3. The molecule has 0 radical (unpaired) electrons. The van der Waals surface area contributed by atoms with Crippen molar-refractivity contribution >= 4 is 11.9 Å². The van der Waals surface area contributed by atoms with Crippen LogP contribution in [0.25, 0.3) is 0 Å². The van der Waals surface area contributed by atoms with Crippen molar-refractivity contribution in [3.63, 3.8) is 0 Å². The Morgan fingerprint density at radius 3 is 2.16 bits per heavy atom. The van der Waals surface area contributed by atoms with E-state index in [1.807, 2.05) is 0 Å². The van der Waals surface area contributed by atoms with Crippen LogP contribution >= 0.6 is 0 Å². The first-order valence-electron chi connectivity index (χ1n) is 7.64. The minimum absolute atomic E-state index is 0.117. The highest BCUT2D eigenvalue weighted by Gasteiger charge is 2.27. The highest BCUT2D eigenvalue weighted by molar-refractivity contribution is 5.78. The van der Waals surface area contributed by atoms with Crippen molar-refractivity contribution in [1.82, 2.24) is 5.32 Å². The second-order valence-electron chi connectivity index (χ2n) is 6.21. The minimum Gasteiger partial charge on any atom is -0.481 e. The number of carboxylic acid groups (broad SMARTS) is 1. The molecule has 0 heterocycles. The largest absolute Gasteiger partial charge is 0.481 e. The van der Waals surface area contributed by atoms with Gasteiger partial charge < -0.3 is 10.4 Å². The maximum absolute atomic E-state index is 12.1. The molecule has 0 unspecified atom stereocenters. The molecule has 0 spiro atoms. The highest BCUT2D eigenvalue weighted by Crippen LogP contribution is 2.31. The molecule has 4 heteroatoms. The van der Waals surface area contributed by atoms with Crippen molar-refractivity contribution in [2.45, 2.75) is 57.8 Å². The molecule has 2 saturated carbocycles. The first-order chi connectivity index (χ1) is 9.15. The van der Waals surface area contributed by atoms with Crippen LogP contribution < -0.4 is 5.32 Å². The first-order valence-corrected chi connectivity index (χ1v) is 7.64. The lowest BCUT2D eigenvalue weighted by Crippen LogP contribution is -2.35. The summed E-state index contributed by atoms with van der Waals surface area (Å²) in [5.41, 5.74) is 0. The zero-order valence-corrected chi connectivity index (χ0v) is 11.6. The summed E-state index contributed by atoms with van der Waals surface area (Å²) in [5, 5.41) is 11.9. The number of hydrogen-bond acceptors (Lipinski definition) is 2. The van der Waals surface area contributed by atoms with Crippen molar-refractivity contribution in [3.05, 3.63) is 0 Å². The van der Waals surface area contributed by atoms with E-state index < -0.39 is 5.97 Å². The van der Waals surface area contributed by atoms with E-state index in [9.17, 15) is 9.59 Å². The van der Waals surface area contributed by atoms with Crippen LogP contribution in [0.3, 0.4) is 0 Å². The Bertz CT molecular complexity index is 315. The number of rotatable bonds is 5. The summed E-state index contributed by atoms with van der Waals surface area (Å²) in [6.07, 6.45) is 8.86. The number of carbonyl (C=O) groups excluding carboxylic acids is 1. The van der Waals surface area contributed by atoms with E-state index in [0.717, 1.165) is 32.2 Å². The van der Waals surface area contributed by atoms with Gasteiger partial charge in [0.25, 0.3) is 0 Å². The monoisotopic (exact) mass is 267 g/mol. The summed E-state index contributed by atoms with van der Waals surface area (Å²) in [6.45, 7) is 0.841. The standard InChI is InChI=1S/C15H25NO3/c17-14(18)9-11-5-7-13(8-6-11)15(19)16-10-12-3-1-2-4-12/h11-13H,1-10H2,(H,16,19)(H,17,18). The Hall–Kier alpha value is -1.06. The molecule has 2 aliphatic rings. The van der Waals surface area contributed by atoms with E-state index in [2.05, 4.69) is 5.32 Å². The number of nitrogens with one attached hydrogen (secondary N) is 1. The summed E-state index contributed by atoms with van der Waals surface area (Å²) < 4.78 is 0. The van der Waals surface area contributed by atoms with Crippen molar-refractivity contribution < 1.29 is 14.7 Å². The number of hydrogen-bond donors (Lipinski definition) is 2. The lowest BCUT2D eigenvalue weighted by molar-refractivity contribution is -0.138. The van der Waals surface area contributed by atoms with Crippen LogP contribution in [0.5, 0.6) is 0 Å². The molecule has 0 saturated heterocycles. The lowest BCUT2D eigenvalue weighted by Gasteiger charge is -2.27. The van der Waals surface area contributed by atoms with E-state index in [0.29, 0.717) is 5.92 Å². The Kier molecular flexibility index (Phi) is 5.23. The van der Waals surface area contributed by atoms with Crippen LogP contribution in [-0.2, 0) is 9.59 Å². The molecule has 1 amide bonds. The van der Waals surface area contributed by atoms with Crippen molar-refractivity contribution in [1.29, 1.82) is 0 Å². The average Bonchev–Trinajstić information content (AvgIpc) is 2.89. The summed E-state index contributed by atoms with van der Waals surface area (Å²) >= 11 is 0. The SMILES string of the molecule is O=C(O)CC1CCC(C(=O)NCC2CCCC2)CC1. The predicted octanol–water partition coefficient (Wildman–Crippen LogP) is 2.57. The third-order valence-corrected chi connectivity index (χ3v) is 4.72. The number of carbonyl (C=O) groups is 2. The smallest absolute Gasteiger partial charge is 0.303 e. The fraction of sp³-hybridized carbons (Fsp3) is 0.867. The van der Waals surface area contributed by atoms with Gasteiger partial charge in [0, 0.05) is 18.9 Å². The van der Waals surface area contributed by atoms with Crippen LogP contribution in [0.2, 0.25) is 0 Å². The van der Waals surface area contributed by atoms with Crippen LogP contribution in [0.15, 0.2) is 0 Å². The van der Waals surface area contributed by atoms with Gasteiger partial charge in [0.05, 0.1) is 0 Å². The van der Waals surface area contributed by atoms with Gasteiger partial charge >= 0.3 is 5.97 Å². The molecule has 0 aromatic carbocycles. The second-order valence-corrected chi connectivity index (χ2v) is 6.21. The maximum Gasteiger partial charge on any atom is 0.303 e.